The maximum Gasteiger partial charge on any atom is 0.0345 e. The minimum absolute atomic E-state index is 0.706. The van der Waals surface area contributed by atoms with Crippen molar-refractivity contribution < 1.29 is 0 Å². The van der Waals surface area contributed by atoms with Gasteiger partial charge in [0.25, 0.3) is 0 Å². The molecule has 0 N–H and O–H groups in total. The lowest BCUT2D eigenvalue weighted by Crippen LogP contribution is -2.51. The Morgan fingerprint density at radius 2 is 1.25 bits per heavy atom. The Kier molecular flexibility index (Phi) is 1.10. The first-order valence-corrected chi connectivity index (χ1v) is 4.60. The van der Waals surface area contributed by atoms with Gasteiger partial charge in [0.2, 0.25) is 0 Å². The second-order valence-electron chi connectivity index (χ2n) is 2.43. The molecular weight excluding hydrogens is 232 g/mol. The Balaban J connectivity index is 2.15. The smallest absolute Gasteiger partial charge is 0.0345 e. The molecule has 1 saturated carbocycles. The van der Waals surface area contributed by atoms with Crippen molar-refractivity contribution >= 4 is 31.9 Å². The van der Waals surface area contributed by atoms with E-state index in [1.165, 1.54) is 0 Å². The molecule has 1 fully saturated rings. The van der Waals surface area contributed by atoms with E-state index in [1.54, 1.807) is 0 Å². The molecule has 0 aromatic carbocycles. The van der Waals surface area contributed by atoms with Crippen LogP contribution in [0.15, 0.2) is 12.2 Å². The fraction of sp³-hybridized carbons (Fsp3) is 0.667. The van der Waals surface area contributed by atoms with E-state index < -0.39 is 0 Å². The molecule has 0 aromatic rings. The van der Waals surface area contributed by atoms with E-state index in [1.807, 2.05) is 0 Å². The third-order valence-electron chi connectivity index (χ3n) is 2.04. The molecule has 0 unspecified atom stereocenters. The number of halogens is 2. The summed E-state index contributed by atoms with van der Waals surface area (Å²) in [6, 6.07) is 0. The highest BCUT2D eigenvalue weighted by Gasteiger charge is 2.49. The molecule has 0 spiro atoms. The normalized spacial score (nSPS) is 58.8. The lowest BCUT2D eigenvalue weighted by molar-refractivity contribution is 0.286. The van der Waals surface area contributed by atoms with Crippen LogP contribution in [0, 0.1) is 11.8 Å². The number of rotatable bonds is 0. The molecule has 0 nitrogen and oxygen atoms in total. The molecule has 2 rings (SSSR count). The van der Waals surface area contributed by atoms with E-state index >= 15 is 0 Å². The van der Waals surface area contributed by atoms with Crippen molar-refractivity contribution in [2.75, 3.05) is 0 Å². The monoisotopic (exact) mass is 236 g/mol. The van der Waals surface area contributed by atoms with E-state index in [0.29, 0.717) is 9.65 Å². The highest BCUT2D eigenvalue weighted by molar-refractivity contribution is 9.12. The van der Waals surface area contributed by atoms with E-state index in [0.717, 1.165) is 11.8 Å². The SMILES string of the molecule is Br[C@@H]1[C@H](Br)[C@@H]2C=C[C@H]12. The molecule has 0 saturated heterocycles. The van der Waals surface area contributed by atoms with Gasteiger partial charge < -0.3 is 0 Å². The molecule has 2 aliphatic carbocycles. The van der Waals surface area contributed by atoms with Crippen LogP contribution in [0.2, 0.25) is 0 Å². The molecule has 2 aliphatic rings. The summed E-state index contributed by atoms with van der Waals surface area (Å²) in [6.07, 6.45) is 4.56. The average molecular weight is 238 g/mol. The number of alkyl halides is 2. The number of allylic oxidation sites excluding steroid dienone is 2. The quantitative estimate of drug-likeness (QED) is 0.448. The van der Waals surface area contributed by atoms with Crippen LogP contribution in [0.4, 0.5) is 0 Å². The van der Waals surface area contributed by atoms with E-state index in [9.17, 15) is 0 Å². The molecular formula is C6H6Br2. The zero-order valence-corrected chi connectivity index (χ0v) is 7.39. The molecule has 0 amide bonds. The van der Waals surface area contributed by atoms with E-state index in [2.05, 4.69) is 44.0 Å². The summed E-state index contributed by atoms with van der Waals surface area (Å²) in [7, 11) is 0. The van der Waals surface area contributed by atoms with Gasteiger partial charge in [-0.3, -0.25) is 0 Å². The van der Waals surface area contributed by atoms with Gasteiger partial charge in [-0.2, -0.15) is 0 Å². The predicted octanol–water partition coefficient (Wildman–Crippen LogP) is 2.33. The summed E-state index contributed by atoms with van der Waals surface area (Å²) >= 11 is 7.17. The van der Waals surface area contributed by atoms with Crippen molar-refractivity contribution in [3.63, 3.8) is 0 Å². The van der Waals surface area contributed by atoms with Crippen molar-refractivity contribution in [2.24, 2.45) is 11.8 Å². The summed E-state index contributed by atoms with van der Waals surface area (Å²) in [5.41, 5.74) is 0. The van der Waals surface area contributed by atoms with Crippen LogP contribution in [0.3, 0.4) is 0 Å². The largest absolute Gasteiger partial charge is 0.0872 e. The van der Waals surface area contributed by atoms with Crippen LogP contribution in [0.1, 0.15) is 0 Å². The van der Waals surface area contributed by atoms with E-state index in [-0.39, 0.29) is 0 Å². The average Bonchev–Trinajstić information content (AvgIpc) is 1.64. The molecule has 0 radical (unpaired) electrons. The maximum absolute atomic E-state index is 3.58. The number of hydrogen-bond acceptors (Lipinski definition) is 0. The summed E-state index contributed by atoms with van der Waals surface area (Å²) in [5, 5.41) is 0. The van der Waals surface area contributed by atoms with E-state index in [4.69, 9.17) is 0 Å². The first kappa shape index (κ1) is 5.48. The summed E-state index contributed by atoms with van der Waals surface area (Å²) in [4.78, 5) is 1.41. The molecule has 2 heteroatoms. The molecule has 0 aromatic heterocycles. The zero-order valence-electron chi connectivity index (χ0n) is 4.22. The van der Waals surface area contributed by atoms with Gasteiger partial charge in [0.05, 0.1) is 0 Å². The van der Waals surface area contributed by atoms with Gasteiger partial charge in [0, 0.05) is 9.65 Å². The summed E-state index contributed by atoms with van der Waals surface area (Å²) in [6.45, 7) is 0. The lowest BCUT2D eigenvalue weighted by Gasteiger charge is -2.49. The molecule has 8 heavy (non-hydrogen) atoms. The highest BCUT2D eigenvalue weighted by Crippen LogP contribution is 2.51. The molecule has 0 aliphatic heterocycles. The van der Waals surface area contributed by atoms with Crippen molar-refractivity contribution in [2.45, 2.75) is 9.65 Å². The van der Waals surface area contributed by atoms with Gasteiger partial charge in [0.1, 0.15) is 0 Å². The maximum atomic E-state index is 3.58. The minimum atomic E-state index is 0.706. The molecule has 0 heterocycles. The Morgan fingerprint density at radius 3 is 1.38 bits per heavy atom. The van der Waals surface area contributed by atoms with Crippen LogP contribution < -0.4 is 0 Å². The van der Waals surface area contributed by atoms with Crippen molar-refractivity contribution in [1.29, 1.82) is 0 Å². The fourth-order valence-electron chi connectivity index (χ4n) is 1.28. The minimum Gasteiger partial charge on any atom is -0.0872 e. The predicted molar refractivity (Wildman–Crippen MR) is 41.6 cm³/mol. The molecule has 4 atom stereocenters. The topological polar surface area (TPSA) is 0 Å². The first-order valence-electron chi connectivity index (χ1n) is 2.77. The second-order valence-corrected chi connectivity index (χ2v) is 4.54. The van der Waals surface area contributed by atoms with Crippen LogP contribution in [0.5, 0.6) is 0 Å². The van der Waals surface area contributed by atoms with Gasteiger partial charge in [-0.15, -0.1) is 0 Å². The number of hydrogen-bond donors (Lipinski definition) is 0. The van der Waals surface area contributed by atoms with Gasteiger partial charge in [-0.25, -0.2) is 0 Å². The highest BCUT2D eigenvalue weighted by atomic mass is 79.9. The van der Waals surface area contributed by atoms with Crippen molar-refractivity contribution in [3.8, 4) is 0 Å². The van der Waals surface area contributed by atoms with Gasteiger partial charge >= 0.3 is 0 Å². The standard InChI is InChI=1S/C6H6Br2/c7-5-3-1-2-4(3)6(5)8/h1-6H/t3-,4+,5-,6+. The van der Waals surface area contributed by atoms with Gasteiger partial charge in [0.15, 0.2) is 0 Å². The van der Waals surface area contributed by atoms with Crippen LogP contribution in [-0.4, -0.2) is 9.65 Å². The number of fused-ring (bicyclic) bond motifs is 1. The lowest BCUT2D eigenvalue weighted by atomic mass is 9.66. The zero-order chi connectivity index (χ0) is 5.72. The first-order chi connectivity index (χ1) is 3.80. The Hall–Kier alpha value is 0.700. The van der Waals surface area contributed by atoms with Crippen molar-refractivity contribution in [3.05, 3.63) is 12.2 Å². The molecule has 44 valence electrons. The summed E-state index contributed by atoms with van der Waals surface area (Å²) < 4.78 is 0. The van der Waals surface area contributed by atoms with Crippen LogP contribution in [0.25, 0.3) is 0 Å². The van der Waals surface area contributed by atoms with Crippen LogP contribution in [-0.2, 0) is 0 Å². The van der Waals surface area contributed by atoms with Gasteiger partial charge in [-0.1, -0.05) is 44.0 Å². The molecule has 0 bridgehead atoms. The summed E-state index contributed by atoms with van der Waals surface area (Å²) in [5.74, 6) is 1.69. The second kappa shape index (κ2) is 1.60. The Morgan fingerprint density at radius 1 is 0.875 bits per heavy atom. The Labute approximate surface area is 65.6 Å². The Bertz CT molecular complexity index is 125. The van der Waals surface area contributed by atoms with Crippen LogP contribution >= 0.6 is 31.9 Å². The van der Waals surface area contributed by atoms with Crippen molar-refractivity contribution in [1.82, 2.24) is 0 Å². The van der Waals surface area contributed by atoms with Gasteiger partial charge in [-0.05, 0) is 11.8 Å². The third kappa shape index (κ3) is 0.462. The fourth-order valence-corrected chi connectivity index (χ4v) is 3.05. The third-order valence-corrected chi connectivity index (χ3v) is 5.11.